The second kappa shape index (κ2) is 3.38. The summed E-state index contributed by atoms with van der Waals surface area (Å²) in [5.74, 6) is -0.487. The minimum absolute atomic E-state index is 0.0408. The lowest BCUT2D eigenvalue weighted by Crippen LogP contribution is -2.14. The number of hydrogen-bond donors (Lipinski definition) is 1. The van der Waals surface area contributed by atoms with E-state index in [9.17, 15) is 4.79 Å². The standard InChI is InChI=1S/C8H11BrN2OS/c1-8(2,3)7-11-4(6(10)12)5(9)13-7/h1-3H3,(H2,10,12). The van der Waals surface area contributed by atoms with Crippen molar-refractivity contribution >= 4 is 33.2 Å². The van der Waals surface area contributed by atoms with Crippen LogP contribution in [0, 0.1) is 0 Å². The topological polar surface area (TPSA) is 56.0 Å². The third kappa shape index (κ3) is 2.28. The van der Waals surface area contributed by atoms with Crippen molar-refractivity contribution in [1.29, 1.82) is 0 Å². The second-order valence-electron chi connectivity index (χ2n) is 3.76. The Morgan fingerprint density at radius 2 is 2.08 bits per heavy atom. The molecule has 0 atom stereocenters. The van der Waals surface area contributed by atoms with Crippen LogP contribution in [0.1, 0.15) is 36.3 Å². The van der Waals surface area contributed by atoms with Gasteiger partial charge in [0.05, 0.1) is 5.01 Å². The SMILES string of the molecule is CC(C)(C)c1nc(C(N)=O)c(Br)s1. The van der Waals surface area contributed by atoms with Gasteiger partial charge in [0.15, 0.2) is 5.69 Å². The van der Waals surface area contributed by atoms with Crippen molar-refractivity contribution in [2.24, 2.45) is 5.73 Å². The van der Waals surface area contributed by atoms with Gasteiger partial charge in [-0.25, -0.2) is 4.98 Å². The monoisotopic (exact) mass is 262 g/mol. The minimum atomic E-state index is -0.487. The molecule has 0 radical (unpaired) electrons. The molecule has 0 aliphatic carbocycles. The number of rotatable bonds is 1. The summed E-state index contributed by atoms with van der Waals surface area (Å²) >= 11 is 4.72. The summed E-state index contributed by atoms with van der Waals surface area (Å²) in [6, 6.07) is 0. The van der Waals surface area contributed by atoms with E-state index in [0.29, 0.717) is 9.48 Å². The van der Waals surface area contributed by atoms with Gasteiger partial charge in [-0.1, -0.05) is 20.8 Å². The van der Waals surface area contributed by atoms with Gasteiger partial charge in [-0.15, -0.1) is 11.3 Å². The molecule has 0 aliphatic rings. The molecule has 72 valence electrons. The maximum absolute atomic E-state index is 10.9. The predicted octanol–water partition coefficient (Wildman–Crippen LogP) is 2.30. The fourth-order valence-corrected chi connectivity index (χ4v) is 2.37. The first-order valence-corrected chi connectivity index (χ1v) is 5.40. The number of halogens is 1. The summed E-state index contributed by atoms with van der Waals surface area (Å²) < 4.78 is 0.713. The fraction of sp³-hybridized carbons (Fsp3) is 0.500. The summed E-state index contributed by atoms with van der Waals surface area (Å²) in [6.45, 7) is 6.13. The van der Waals surface area contributed by atoms with Gasteiger partial charge < -0.3 is 5.73 Å². The lowest BCUT2D eigenvalue weighted by atomic mass is 9.98. The zero-order chi connectivity index (χ0) is 10.2. The van der Waals surface area contributed by atoms with E-state index in [1.54, 1.807) is 0 Å². The molecule has 1 rings (SSSR count). The Labute approximate surface area is 89.5 Å². The largest absolute Gasteiger partial charge is 0.364 e. The number of nitrogens with zero attached hydrogens (tertiary/aromatic N) is 1. The maximum Gasteiger partial charge on any atom is 0.269 e. The Morgan fingerprint density at radius 3 is 2.31 bits per heavy atom. The Kier molecular flexibility index (Phi) is 2.77. The smallest absolute Gasteiger partial charge is 0.269 e. The van der Waals surface area contributed by atoms with E-state index in [2.05, 4.69) is 20.9 Å². The normalized spacial score (nSPS) is 11.7. The molecule has 13 heavy (non-hydrogen) atoms. The zero-order valence-corrected chi connectivity index (χ0v) is 10.1. The number of amides is 1. The van der Waals surface area contributed by atoms with Gasteiger partial charge in [0.25, 0.3) is 5.91 Å². The van der Waals surface area contributed by atoms with Gasteiger partial charge in [-0.3, -0.25) is 4.79 Å². The number of aromatic nitrogens is 1. The summed E-state index contributed by atoms with van der Waals surface area (Å²) in [6.07, 6.45) is 0. The Hall–Kier alpha value is -0.420. The second-order valence-corrected chi connectivity index (χ2v) is 6.07. The maximum atomic E-state index is 10.9. The highest BCUT2D eigenvalue weighted by atomic mass is 79.9. The van der Waals surface area contributed by atoms with Crippen LogP contribution in [0.5, 0.6) is 0 Å². The first-order chi connectivity index (χ1) is 5.82. The van der Waals surface area contributed by atoms with Crippen molar-refractivity contribution in [3.8, 4) is 0 Å². The van der Waals surface area contributed by atoms with Crippen LogP contribution in [-0.2, 0) is 5.41 Å². The average Bonchev–Trinajstić information content (AvgIpc) is 2.29. The molecule has 0 unspecified atom stereocenters. The molecule has 0 bridgehead atoms. The zero-order valence-electron chi connectivity index (χ0n) is 7.72. The molecule has 1 heterocycles. The van der Waals surface area contributed by atoms with Crippen LogP contribution < -0.4 is 5.73 Å². The number of primary amides is 1. The van der Waals surface area contributed by atoms with E-state index in [1.165, 1.54) is 11.3 Å². The number of thiazole rings is 1. The highest BCUT2D eigenvalue weighted by molar-refractivity contribution is 9.11. The Bertz CT molecular complexity index is 340. The van der Waals surface area contributed by atoms with Gasteiger partial charge in [0.1, 0.15) is 3.79 Å². The molecule has 3 nitrogen and oxygen atoms in total. The Morgan fingerprint density at radius 1 is 1.54 bits per heavy atom. The molecular weight excluding hydrogens is 252 g/mol. The predicted molar refractivity (Wildman–Crippen MR) is 57.0 cm³/mol. The van der Waals surface area contributed by atoms with Crippen LogP contribution in [0.25, 0.3) is 0 Å². The average molecular weight is 263 g/mol. The van der Waals surface area contributed by atoms with Crippen molar-refractivity contribution in [2.75, 3.05) is 0 Å². The number of carbonyl (C=O) groups excluding carboxylic acids is 1. The van der Waals surface area contributed by atoms with E-state index in [1.807, 2.05) is 20.8 Å². The molecule has 1 aromatic rings. The van der Waals surface area contributed by atoms with Crippen molar-refractivity contribution in [1.82, 2.24) is 4.98 Å². The highest BCUT2D eigenvalue weighted by Gasteiger charge is 2.22. The minimum Gasteiger partial charge on any atom is -0.364 e. The molecule has 1 amide bonds. The van der Waals surface area contributed by atoms with Crippen molar-refractivity contribution in [3.05, 3.63) is 14.5 Å². The number of carbonyl (C=O) groups is 1. The summed E-state index contributed by atoms with van der Waals surface area (Å²) in [7, 11) is 0. The first-order valence-electron chi connectivity index (χ1n) is 3.79. The van der Waals surface area contributed by atoms with Crippen LogP contribution in [0.2, 0.25) is 0 Å². The van der Waals surface area contributed by atoms with Crippen molar-refractivity contribution in [3.63, 3.8) is 0 Å². The molecule has 0 saturated heterocycles. The van der Waals surface area contributed by atoms with E-state index < -0.39 is 5.91 Å². The van der Waals surface area contributed by atoms with Gasteiger partial charge >= 0.3 is 0 Å². The third-order valence-corrected chi connectivity index (χ3v) is 3.59. The van der Waals surface area contributed by atoms with Gasteiger partial charge in [-0.05, 0) is 15.9 Å². The molecule has 0 spiro atoms. The lowest BCUT2D eigenvalue weighted by molar-refractivity contribution is 0.0995. The molecule has 2 N–H and O–H groups in total. The summed E-state index contributed by atoms with van der Waals surface area (Å²) in [4.78, 5) is 15.1. The van der Waals surface area contributed by atoms with Crippen LogP contribution in [0.4, 0.5) is 0 Å². The van der Waals surface area contributed by atoms with E-state index >= 15 is 0 Å². The van der Waals surface area contributed by atoms with Crippen molar-refractivity contribution in [2.45, 2.75) is 26.2 Å². The molecule has 5 heteroatoms. The quantitative estimate of drug-likeness (QED) is 0.845. The summed E-state index contributed by atoms with van der Waals surface area (Å²) in [5, 5.41) is 0.910. The number of hydrogen-bond acceptors (Lipinski definition) is 3. The Balaban J connectivity index is 3.17. The van der Waals surface area contributed by atoms with E-state index in [4.69, 9.17) is 5.73 Å². The highest BCUT2D eigenvalue weighted by Crippen LogP contribution is 2.32. The molecule has 0 fully saturated rings. The summed E-state index contributed by atoms with van der Waals surface area (Å²) in [5.41, 5.74) is 5.43. The molecule has 1 aromatic heterocycles. The molecule has 0 aromatic carbocycles. The van der Waals surface area contributed by atoms with Crippen LogP contribution >= 0.6 is 27.3 Å². The van der Waals surface area contributed by atoms with Gasteiger partial charge in [0, 0.05) is 5.41 Å². The molecular formula is C8H11BrN2OS. The number of nitrogens with two attached hydrogens (primary N) is 1. The van der Waals surface area contributed by atoms with Crippen LogP contribution in [0.3, 0.4) is 0 Å². The van der Waals surface area contributed by atoms with Crippen LogP contribution in [0.15, 0.2) is 3.79 Å². The third-order valence-electron chi connectivity index (χ3n) is 1.46. The van der Waals surface area contributed by atoms with Crippen LogP contribution in [-0.4, -0.2) is 10.9 Å². The van der Waals surface area contributed by atoms with E-state index in [0.717, 1.165) is 5.01 Å². The van der Waals surface area contributed by atoms with Crippen molar-refractivity contribution < 1.29 is 4.79 Å². The van der Waals surface area contributed by atoms with Gasteiger partial charge in [0.2, 0.25) is 0 Å². The first kappa shape index (κ1) is 10.7. The molecule has 0 saturated carbocycles. The fourth-order valence-electron chi connectivity index (χ4n) is 0.774. The van der Waals surface area contributed by atoms with E-state index in [-0.39, 0.29) is 5.41 Å². The van der Waals surface area contributed by atoms with Gasteiger partial charge in [-0.2, -0.15) is 0 Å². The molecule has 0 aliphatic heterocycles. The lowest BCUT2D eigenvalue weighted by Gasteiger charge is -2.13.